The minimum atomic E-state index is -0.0999. The Kier molecular flexibility index (Phi) is 3.71. The lowest BCUT2D eigenvalue weighted by molar-refractivity contribution is 0.341. The third-order valence-electron chi connectivity index (χ3n) is 5.35. The predicted molar refractivity (Wildman–Crippen MR) is 87.7 cm³/mol. The second kappa shape index (κ2) is 5.85. The summed E-state index contributed by atoms with van der Waals surface area (Å²) in [7, 11) is 0. The van der Waals surface area contributed by atoms with Crippen LogP contribution in [-0.2, 0) is 12.8 Å². The van der Waals surface area contributed by atoms with E-state index in [1.165, 1.54) is 35.1 Å². The van der Waals surface area contributed by atoms with E-state index in [0.29, 0.717) is 11.8 Å². The average molecular weight is 295 g/mol. The molecule has 1 heterocycles. The molecule has 1 nitrogen and oxygen atoms in total. The van der Waals surface area contributed by atoms with E-state index in [9.17, 15) is 4.39 Å². The molecule has 1 unspecified atom stereocenters. The molecular weight excluding hydrogens is 273 g/mol. The van der Waals surface area contributed by atoms with Crippen LogP contribution < -0.4 is 5.32 Å². The molecule has 1 saturated heterocycles. The van der Waals surface area contributed by atoms with Gasteiger partial charge in [0, 0.05) is 5.92 Å². The average Bonchev–Trinajstić information content (AvgIpc) is 2.72. The number of aryl methyl sites for hydroxylation is 2. The Morgan fingerprint density at radius 2 is 1.59 bits per heavy atom. The van der Waals surface area contributed by atoms with E-state index in [1.54, 1.807) is 12.1 Å². The SMILES string of the molecule is Fc1ccc2c(c1)C(C1CCNCC1)c1ccccc1CC2. The van der Waals surface area contributed by atoms with Crippen molar-refractivity contribution in [2.75, 3.05) is 13.1 Å². The molecule has 22 heavy (non-hydrogen) atoms. The molecule has 0 bridgehead atoms. The fraction of sp³-hybridized carbons (Fsp3) is 0.400. The van der Waals surface area contributed by atoms with E-state index >= 15 is 0 Å². The number of nitrogens with one attached hydrogen (secondary N) is 1. The molecule has 1 fully saturated rings. The minimum absolute atomic E-state index is 0.0999. The third-order valence-corrected chi connectivity index (χ3v) is 5.35. The van der Waals surface area contributed by atoms with Gasteiger partial charge in [0.25, 0.3) is 0 Å². The molecule has 0 amide bonds. The summed E-state index contributed by atoms with van der Waals surface area (Å²) in [5.41, 5.74) is 5.44. The van der Waals surface area contributed by atoms with E-state index in [0.717, 1.165) is 25.9 Å². The minimum Gasteiger partial charge on any atom is -0.317 e. The van der Waals surface area contributed by atoms with Gasteiger partial charge in [-0.3, -0.25) is 0 Å². The lowest BCUT2D eigenvalue weighted by atomic mass is 9.75. The first-order chi connectivity index (χ1) is 10.8. The molecule has 2 heteroatoms. The number of halogens is 1. The van der Waals surface area contributed by atoms with Gasteiger partial charge in [0.2, 0.25) is 0 Å². The van der Waals surface area contributed by atoms with Gasteiger partial charge in [-0.25, -0.2) is 4.39 Å². The van der Waals surface area contributed by atoms with E-state index in [-0.39, 0.29) is 5.82 Å². The van der Waals surface area contributed by atoms with Crippen molar-refractivity contribution in [1.82, 2.24) is 5.32 Å². The van der Waals surface area contributed by atoms with Gasteiger partial charge in [0.05, 0.1) is 0 Å². The number of rotatable bonds is 1. The number of fused-ring (bicyclic) bond motifs is 2. The van der Waals surface area contributed by atoms with Crippen LogP contribution in [0.3, 0.4) is 0 Å². The Hall–Kier alpha value is -1.67. The monoisotopic (exact) mass is 295 g/mol. The summed E-state index contributed by atoms with van der Waals surface area (Å²) in [5, 5.41) is 3.45. The molecule has 4 rings (SSSR count). The van der Waals surface area contributed by atoms with E-state index in [2.05, 4.69) is 29.6 Å². The molecule has 1 atom stereocenters. The smallest absolute Gasteiger partial charge is 0.123 e. The summed E-state index contributed by atoms with van der Waals surface area (Å²) in [6.07, 6.45) is 4.44. The molecule has 1 aliphatic carbocycles. The van der Waals surface area contributed by atoms with Gasteiger partial charge < -0.3 is 5.32 Å². The van der Waals surface area contributed by atoms with Crippen LogP contribution in [0.5, 0.6) is 0 Å². The fourth-order valence-corrected chi connectivity index (χ4v) is 4.27. The first kappa shape index (κ1) is 14.0. The number of hydrogen-bond donors (Lipinski definition) is 1. The molecule has 2 aromatic carbocycles. The third kappa shape index (κ3) is 2.46. The molecule has 1 aliphatic heterocycles. The Morgan fingerprint density at radius 1 is 0.864 bits per heavy atom. The zero-order valence-electron chi connectivity index (χ0n) is 12.8. The molecule has 0 aromatic heterocycles. The van der Waals surface area contributed by atoms with E-state index in [1.807, 2.05) is 6.07 Å². The Labute approximate surface area is 131 Å². The highest BCUT2D eigenvalue weighted by molar-refractivity contribution is 5.45. The summed E-state index contributed by atoms with van der Waals surface area (Å²) in [5.74, 6) is 0.865. The van der Waals surface area contributed by atoms with Crippen molar-refractivity contribution in [2.24, 2.45) is 5.92 Å². The van der Waals surface area contributed by atoms with E-state index < -0.39 is 0 Å². The highest BCUT2D eigenvalue weighted by Gasteiger charge is 2.31. The normalized spacial score (nSPS) is 21.8. The van der Waals surface area contributed by atoms with Crippen LogP contribution in [-0.4, -0.2) is 13.1 Å². The van der Waals surface area contributed by atoms with Gasteiger partial charge in [-0.05, 0) is 79.1 Å². The quantitative estimate of drug-likeness (QED) is 0.836. The predicted octanol–water partition coefficient (Wildman–Crippen LogP) is 4.06. The van der Waals surface area contributed by atoms with Gasteiger partial charge in [-0.15, -0.1) is 0 Å². The van der Waals surface area contributed by atoms with Gasteiger partial charge in [-0.1, -0.05) is 30.3 Å². The van der Waals surface area contributed by atoms with E-state index in [4.69, 9.17) is 0 Å². The molecular formula is C20H22FN. The highest BCUT2D eigenvalue weighted by atomic mass is 19.1. The van der Waals surface area contributed by atoms with Crippen molar-refractivity contribution in [2.45, 2.75) is 31.6 Å². The molecule has 0 spiro atoms. The van der Waals surface area contributed by atoms with Crippen molar-refractivity contribution >= 4 is 0 Å². The number of hydrogen-bond acceptors (Lipinski definition) is 1. The lowest BCUT2D eigenvalue weighted by Crippen LogP contribution is -2.31. The van der Waals surface area contributed by atoms with Crippen molar-refractivity contribution in [3.63, 3.8) is 0 Å². The first-order valence-electron chi connectivity index (χ1n) is 8.40. The van der Waals surface area contributed by atoms with Gasteiger partial charge in [-0.2, -0.15) is 0 Å². The summed E-state index contributed by atoms with van der Waals surface area (Å²) in [4.78, 5) is 0. The van der Waals surface area contributed by atoms with Gasteiger partial charge >= 0.3 is 0 Å². The molecule has 0 radical (unpaired) electrons. The van der Waals surface area contributed by atoms with Crippen LogP contribution in [0, 0.1) is 11.7 Å². The Morgan fingerprint density at radius 3 is 2.41 bits per heavy atom. The van der Waals surface area contributed by atoms with Crippen molar-refractivity contribution in [3.8, 4) is 0 Å². The maximum Gasteiger partial charge on any atom is 0.123 e. The fourth-order valence-electron chi connectivity index (χ4n) is 4.27. The molecule has 2 aromatic rings. The van der Waals surface area contributed by atoms with Gasteiger partial charge in [0.1, 0.15) is 5.82 Å². The van der Waals surface area contributed by atoms with Crippen LogP contribution in [0.2, 0.25) is 0 Å². The summed E-state index contributed by atoms with van der Waals surface area (Å²) < 4.78 is 13.9. The largest absolute Gasteiger partial charge is 0.317 e. The van der Waals surface area contributed by atoms with Crippen molar-refractivity contribution in [1.29, 1.82) is 0 Å². The van der Waals surface area contributed by atoms with Crippen LogP contribution in [0.15, 0.2) is 42.5 Å². The van der Waals surface area contributed by atoms with Crippen LogP contribution in [0.1, 0.15) is 41.0 Å². The van der Waals surface area contributed by atoms with Gasteiger partial charge in [0.15, 0.2) is 0 Å². The topological polar surface area (TPSA) is 12.0 Å². The lowest BCUT2D eigenvalue weighted by Gasteiger charge is -2.32. The second-order valence-electron chi connectivity index (χ2n) is 6.61. The number of benzene rings is 2. The second-order valence-corrected chi connectivity index (χ2v) is 6.61. The zero-order valence-corrected chi connectivity index (χ0v) is 12.8. The first-order valence-corrected chi connectivity index (χ1v) is 8.40. The standard InChI is InChI=1S/C20H22FN/c21-17-8-7-15-6-5-14-3-1-2-4-18(14)20(19(15)13-17)16-9-11-22-12-10-16/h1-4,7-8,13,16,20,22H,5-6,9-12H2. The molecule has 0 saturated carbocycles. The maximum absolute atomic E-state index is 13.9. The van der Waals surface area contributed by atoms with Crippen LogP contribution >= 0.6 is 0 Å². The molecule has 2 aliphatic rings. The van der Waals surface area contributed by atoms with Crippen molar-refractivity contribution in [3.05, 3.63) is 70.5 Å². The maximum atomic E-state index is 13.9. The summed E-state index contributed by atoms with van der Waals surface area (Å²) >= 11 is 0. The Balaban J connectivity index is 1.87. The summed E-state index contributed by atoms with van der Waals surface area (Å²) in [6, 6.07) is 14.2. The van der Waals surface area contributed by atoms with Crippen molar-refractivity contribution < 1.29 is 4.39 Å². The van der Waals surface area contributed by atoms with Crippen LogP contribution in [0.25, 0.3) is 0 Å². The molecule has 1 N–H and O–H groups in total. The molecule has 114 valence electrons. The van der Waals surface area contributed by atoms with Crippen LogP contribution in [0.4, 0.5) is 4.39 Å². The highest BCUT2D eigenvalue weighted by Crippen LogP contribution is 2.42. The Bertz CT molecular complexity index is 673. The summed E-state index contributed by atoms with van der Waals surface area (Å²) in [6.45, 7) is 2.15. The number of piperidine rings is 1. The zero-order chi connectivity index (χ0) is 14.9.